The van der Waals surface area contributed by atoms with E-state index in [-0.39, 0.29) is 29.5 Å². The van der Waals surface area contributed by atoms with Gasteiger partial charge in [-0.15, -0.1) is 17.9 Å². The van der Waals surface area contributed by atoms with Crippen LogP contribution >= 0.6 is 11.3 Å². The van der Waals surface area contributed by atoms with Crippen molar-refractivity contribution in [2.75, 3.05) is 6.61 Å². The molecule has 0 aromatic carbocycles. The van der Waals surface area contributed by atoms with E-state index in [1.807, 2.05) is 24.4 Å². The smallest absolute Gasteiger partial charge is 0.295 e. The molecule has 0 aliphatic rings. The molecular formula is C18H20N4O3S. The van der Waals surface area contributed by atoms with E-state index in [1.54, 1.807) is 21.2 Å². The number of hydrogen-bond donors (Lipinski definition) is 2. The summed E-state index contributed by atoms with van der Waals surface area (Å²) in [5.41, 5.74) is 0.768. The summed E-state index contributed by atoms with van der Waals surface area (Å²) in [5.74, 6) is -0.415. The summed E-state index contributed by atoms with van der Waals surface area (Å²) in [4.78, 5) is 30.4. The third kappa shape index (κ3) is 3.33. The van der Waals surface area contributed by atoms with Crippen molar-refractivity contribution in [3.8, 4) is 10.6 Å². The number of carbonyl (C=O) groups is 1. The van der Waals surface area contributed by atoms with Gasteiger partial charge in [0, 0.05) is 18.9 Å². The molecule has 0 saturated carbocycles. The Morgan fingerprint density at radius 1 is 1.50 bits per heavy atom. The van der Waals surface area contributed by atoms with Gasteiger partial charge in [0.2, 0.25) is 5.65 Å². The topological polar surface area (TPSA) is 88.6 Å². The number of allylic oxidation sites excluding steroid dienone is 1. The molecule has 0 aliphatic heterocycles. The zero-order valence-corrected chi connectivity index (χ0v) is 15.2. The normalized spacial score (nSPS) is 12.2. The molecule has 1 atom stereocenters. The van der Waals surface area contributed by atoms with Gasteiger partial charge < -0.3 is 10.4 Å². The van der Waals surface area contributed by atoms with Crippen molar-refractivity contribution in [2.24, 2.45) is 0 Å². The molecule has 2 N–H and O–H groups in total. The molecule has 0 bridgehead atoms. The molecular weight excluding hydrogens is 352 g/mol. The molecule has 0 fully saturated rings. The average molecular weight is 372 g/mol. The van der Waals surface area contributed by atoms with Crippen molar-refractivity contribution < 1.29 is 9.90 Å². The molecule has 3 rings (SSSR count). The number of thiophene rings is 1. The Morgan fingerprint density at radius 2 is 2.31 bits per heavy atom. The Balaban J connectivity index is 2.09. The number of hydrogen-bond acceptors (Lipinski definition) is 5. The molecule has 26 heavy (non-hydrogen) atoms. The summed E-state index contributed by atoms with van der Waals surface area (Å²) in [6.45, 7) is 5.78. The maximum atomic E-state index is 12.9. The van der Waals surface area contributed by atoms with Gasteiger partial charge in [-0.2, -0.15) is 0 Å². The van der Waals surface area contributed by atoms with Crippen molar-refractivity contribution in [3.63, 3.8) is 0 Å². The lowest BCUT2D eigenvalue weighted by molar-refractivity contribution is 0.0910. The van der Waals surface area contributed by atoms with Gasteiger partial charge in [-0.3, -0.25) is 18.6 Å². The van der Waals surface area contributed by atoms with Crippen LogP contribution in [0.1, 0.15) is 23.8 Å². The molecule has 3 aromatic rings. The minimum Gasteiger partial charge on any atom is -0.394 e. The maximum absolute atomic E-state index is 12.9. The second-order valence-electron chi connectivity index (χ2n) is 5.81. The highest BCUT2D eigenvalue weighted by atomic mass is 32.1. The Hall–Kier alpha value is -2.71. The highest BCUT2D eigenvalue weighted by Crippen LogP contribution is 2.24. The third-order valence-corrected chi connectivity index (χ3v) is 4.98. The molecule has 8 heteroatoms. The van der Waals surface area contributed by atoms with E-state index < -0.39 is 5.91 Å². The van der Waals surface area contributed by atoms with Gasteiger partial charge in [0.1, 0.15) is 5.69 Å². The quantitative estimate of drug-likeness (QED) is 0.620. The van der Waals surface area contributed by atoms with Gasteiger partial charge in [0.15, 0.2) is 0 Å². The fourth-order valence-electron chi connectivity index (χ4n) is 2.66. The number of rotatable bonds is 7. The van der Waals surface area contributed by atoms with E-state index in [2.05, 4.69) is 16.9 Å². The Labute approximate surface area is 154 Å². The van der Waals surface area contributed by atoms with Crippen molar-refractivity contribution in [3.05, 3.63) is 58.6 Å². The Bertz CT molecular complexity index is 984. The molecule has 0 radical (unpaired) electrons. The highest BCUT2D eigenvalue weighted by Gasteiger charge is 2.18. The molecule has 1 amide bonds. The molecule has 136 valence electrons. The van der Waals surface area contributed by atoms with Crippen LogP contribution in [-0.4, -0.2) is 37.6 Å². The van der Waals surface area contributed by atoms with Gasteiger partial charge in [-0.1, -0.05) is 19.1 Å². The number of aliphatic hydroxyl groups is 1. The summed E-state index contributed by atoms with van der Waals surface area (Å²) in [6, 6.07) is 3.51. The second-order valence-corrected chi connectivity index (χ2v) is 6.76. The lowest BCUT2D eigenvalue weighted by Crippen LogP contribution is -2.37. The molecule has 3 heterocycles. The minimum absolute atomic E-state index is 0.141. The van der Waals surface area contributed by atoms with Gasteiger partial charge in [-0.05, 0) is 17.9 Å². The average Bonchev–Trinajstić information content (AvgIpc) is 3.31. The molecule has 7 nitrogen and oxygen atoms in total. The van der Waals surface area contributed by atoms with E-state index in [1.165, 1.54) is 17.5 Å². The molecule has 1 unspecified atom stereocenters. The van der Waals surface area contributed by atoms with Crippen molar-refractivity contribution in [2.45, 2.75) is 25.9 Å². The van der Waals surface area contributed by atoms with Gasteiger partial charge in [-0.25, -0.2) is 4.98 Å². The van der Waals surface area contributed by atoms with Crippen molar-refractivity contribution in [1.82, 2.24) is 19.3 Å². The number of nitrogens with zero attached hydrogens (tertiary/aromatic N) is 3. The fraction of sp³-hybridized carbons (Fsp3) is 0.278. The molecule has 0 spiro atoms. The predicted octanol–water partition coefficient (Wildman–Crippen LogP) is 1.91. The van der Waals surface area contributed by atoms with Gasteiger partial charge in [0.05, 0.1) is 23.2 Å². The maximum Gasteiger partial charge on any atom is 0.295 e. The summed E-state index contributed by atoms with van der Waals surface area (Å²) >= 11 is 1.53. The predicted molar refractivity (Wildman–Crippen MR) is 102 cm³/mol. The molecule has 3 aromatic heterocycles. The zero-order chi connectivity index (χ0) is 18.7. The summed E-state index contributed by atoms with van der Waals surface area (Å²) in [6.07, 6.45) is 5.58. The van der Waals surface area contributed by atoms with E-state index in [0.717, 1.165) is 10.6 Å². The summed E-state index contributed by atoms with van der Waals surface area (Å²) < 4.78 is 3.16. The summed E-state index contributed by atoms with van der Waals surface area (Å²) in [7, 11) is 0. The lowest BCUT2D eigenvalue weighted by atomic mass is 10.2. The highest BCUT2D eigenvalue weighted by molar-refractivity contribution is 7.13. The van der Waals surface area contributed by atoms with Crippen LogP contribution in [0.2, 0.25) is 0 Å². The second kappa shape index (κ2) is 7.67. The van der Waals surface area contributed by atoms with Crippen LogP contribution in [0.4, 0.5) is 0 Å². The number of amides is 1. The number of imidazole rings is 1. The Morgan fingerprint density at radius 3 is 2.92 bits per heavy atom. The van der Waals surface area contributed by atoms with Crippen LogP contribution in [-0.2, 0) is 6.54 Å². The molecule has 0 aliphatic carbocycles. The number of aromatic nitrogens is 3. The minimum atomic E-state index is -0.415. The van der Waals surface area contributed by atoms with Gasteiger partial charge >= 0.3 is 0 Å². The van der Waals surface area contributed by atoms with Crippen LogP contribution < -0.4 is 10.9 Å². The van der Waals surface area contributed by atoms with E-state index >= 15 is 0 Å². The Kier molecular flexibility index (Phi) is 5.34. The lowest BCUT2D eigenvalue weighted by Gasteiger charge is -2.12. The fourth-order valence-corrected chi connectivity index (χ4v) is 3.40. The van der Waals surface area contributed by atoms with Crippen molar-refractivity contribution in [1.29, 1.82) is 0 Å². The number of fused-ring (bicyclic) bond motifs is 1. The zero-order valence-electron chi connectivity index (χ0n) is 14.4. The first-order chi connectivity index (χ1) is 12.6. The van der Waals surface area contributed by atoms with E-state index in [0.29, 0.717) is 13.0 Å². The standard InChI is InChI=1S/C18H20N4O3S/c1-3-7-22-14(15-6-5-8-26-15)10-21-9-13(20-16(21)18(22)25)17(24)19-12(4-2)11-23/h3,5-6,8-10,12,23H,1,4,7,11H2,2H3,(H,19,24). The largest absolute Gasteiger partial charge is 0.394 e. The third-order valence-electron chi connectivity index (χ3n) is 4.09. The first-order valence-electron chi connectivity index (χ1n) is 8.28. The van der Waals surface area contributed by atoms with Crippen LogP contribution in [0.25, 0.3) is 16.2 Å². The number of aliphatic hydroxyl groups excluding tert-OH is 1. The van der Waals surface area contributed by atoms with Crippen LogP contribution in [0.3, 0.4) is 0 Å². The number of carbonyl (C=O) groups excluding carboxylic acids is 1. The van der Waals surface area contributed by atoms with E-state index in [9.17, 15) is 14.7 Å². The molecule has 0 saturated heterocycles. The van der Waals surface area contributed by atoms with Crippen LogP contribution in [0.15, 0.2) is 47.4 Å². The van der Waals surface area contributed by atoms with Crippen molar-refractivity contribution >= 4 is 22.9 Å². The summed E-state index contributed by atoms with van der Waals surface area (Å²) in [5, 5.41) is 13.9. The van der Waals surface area contributed by atoms with E-state index in [4.69, 9.17) is 0 Å². The first-order valence-corrected chi connectivity index (χ1v) is 9.16. The monoisotopic (exact) mass is 372 g/mol. The number of nitrogens with one attached hydrogen (secondary N) is 1. The van der Waals surface area contributed by atoms with Gasteiger partial charge in [0.25, 0.3) is 11.5 Å². The van der Waals surface area contributed by atoms with Crippen LogP contribution in [0.5, 0.6) is 0 Å². The van der Waals surface area contributed by atoms with Crippen LogP contribution in [0, 0.1) is 0 Å². The SMILES string of the molecule is C=CCn1c(-c2cccs2)cn2cc(C(=O)NC(CC)CO)nc2c1=O. The first kappa shape index (κ1) is 18.1.